The van der Waals surface area contributed by atoms with Crippen molar-refractivity contribution in [3.05, 3.63) is 0 Å². The van der Waals surface area contributed by atoms with Gasteiger partial charge in [-0.1, -0.05) is 58.3 Å². The quantitative estimate of drug-likeness (QED) is 0.277. The van der Waals surface area contributed by atoms with Gasteiger partial charge in [0.1, 0.15) is 6.54 Å². The molecule has 0 radical (unpaired) electrons. The van der Waals surface area contributed by atoms with Gasteiger partial charge in [-0.3, -0.25) is 9.59 Å². The minimum atomic E-state index is -0.927. The molecule has 0 spiro atoms. The fraction of sp³-hybridized carbons (Fsp3) is 0.895. The Balaban J connectivity index is 3.82. The normalized spacial score (nSPS) is 12.8. The van der Waals surface area contributed by atoms with Crippen LogP contribution in [0.4, 0.5) is 0 Å². The number of unbranched alkanes of at least 4 members (excludes halogenated alkanes) is 8. The largest absolute Gasteiger partial charge is 0.481 e. The van der Waals surface area contributed by atoms with E-state index in [1.54, 1.807) is 0 Å². The van der Waals surface area contributed by atoms with E-state index in [-0.39, 0.29) is 12.4 Å². The lowest BCUT2D eigenvalue weighted by Gasteiger charge is -2.28. The van der Waals surface area contributed by atoms with E-state index in [4.69, 9.17) is 9.84 Å². The van der Waals surface area contributed by atoms with Crippen molar-refractivity contribution in [1.82, 2.24) is 0 Å². The van der Waals surface area contributed by atoms with Crippen LogP contribution in [0.15, 0.2) is 0 Å². The van der Waals surface area contributed by atoms with E-state index in [0.29, 0.717) is 17.4 Å². The van der Waals surface area contributed by atoms with Gasteiger partial charge in [0, 0.05) is 6.42 Å². The van der Waals surface area contributed by atoms with Crippen molar-refractivity contribution in [3.63, 3.8) is 0 Å². The number of carboxylic acids is 1. The lowest BCUT2D eigenvalue weighted by atomic mass is 10.1. The molecule has 0 aliphatic rings. The van der Waals surface area contributed by atoms with Gasteiger partial charge in [-0.2, -0.15) is 0 Å². The summed E-state index contributed by atoms with van der Waals surface area (Å²) in [5.74, 6) is -1.19. The first kappa shape index (κ1) is 22.9. The zero-order valence-corrected chi connectivity index (χ0v) is 16.2. The van der Waals surface area contributed by atoms with E-state index in [1.807, 2.05) is 21.1 Å². The van der Waals surface area contributed by atoms with Crippen LogP contribution in [0.1, 0.15) is 77.6 Å². The van der Waals surface area contributed by atoms with E-state index in [1.165, 1.54) is 38.5 Å². The number of ether oxygens (including phenoxy) is 1. The molecule has 0 aliphatic carbocycles. The van der Waals surface area contributed by atoms with Crippen molar-refractivity contribution in [2.75, 3.05) is 27.7 Å². The molecule has 0 aromatic heterocycles. The van der Waals surface area contributed by atoms with Crippen molar-refractivity contribution in [2.24, 2.45) is 0 Å². The highest BCUT2D eigenvalue weighted by Crippen LogP contribution is 2.12. The average Bonchev–Trinajstić information content (AvgIpc) is 2.42. The van der Waals surface area contributed by atoms with Crippen LogP contribution in [0, 0.1) is 0 Å². The van der Waals surface area contributed by atoms with Gasteiger partial charge in [-0.25, -0.2) is 0 Å². The molecule has 0 amide bonds. The Morgan fingerprint density at radius 3 is 1.88 bits per heavy atom. The molecule has 0 saturated heterocycles. The first-order valence-corrected chi connectivity index (χ1v) is 9.46. The Hall–Kier alpha value is -1.10. The maximum Gasteiger partial charge on any atom is 0.307 e. The fourth-order valence-electron chi connectivity index (χ4n) is 2.77. The van der Waals surface area contributed by atoms with E-state index < -0.39 is 12.1 Å². The van der Waals surface area contributed by atoms with Crippen molar-refractivity contribution < 1.29 is 23.9 Å². The summed E-state index contributed by atoms with van der Waals surface area (Å²) >= 11 is 0. The summed E-state index contributed by atoms with van der Waals surface area (Å²) in [6.07, 6.45) is 10.5. The predicted octanol–water partition coefficient (Wildman–Crippen LogP) is 4.00. The van der Waals surface area contributed by atoms with Crippen LogP contribution >= 0.6 is 0 Å². The number of esters is 1. The number of quaternary nitrogens is 1. The lowest BCUT2D eigenvalue weighted by Crippen LogP contribution is -2.43. The summed E-state index contributed by atoms with van der Waals surface area (Å²) in [5, 5.41) is 8.95. The van der Waals surface area contributed by atoms with Gasteiger partial charge in [-0.05, 0) is 6.42 Å². The molecule has 5 heteroatoms. The van der Waals surface area contributed by atoms with Crippen LogP contribution in [0.5, 0.6) is 0 Å². The van der Waals surface area contributed by atoms with Crippen LogP contribution in [0.3, 0.4) is 0 Å². The number of hydrogen-bond donors (Lipinski definition) is 1. The molecule has 0 rings (SSSR count). The van der Waals surface area contributed by atoms with Gasteiger partial charge < -0.3 is 14.3 Å². The predicted molar refractivity (Wildman–Crippen MR) is 96.9 cm³/mol. The molecular formula is C19H38NO4+. The van der Waals surface area contributed by atoms with Gasteiger partial charge in [0.05, 0.1) is 27.6 Å². The summed E-state index contributed by atoms with van der Waals surface area (Å²) in [6, 6.07) is 0. The molecule has 0 bridgehead atoms. The average molecular weight is 345 g/mol. The van der Waals surface area contributed by atoms with E-state index in [2.05, 4.69) is 6.92 Å². The highest BCUT2D eigenvalue weighted by molar-refractivity contribution is 5.71. The molecule has 0 heterocycles. The Labute approximate surface area is 148 Å². The minimum Gasteiger partial charge on any atom is -0.481 e. The second-order valence-corrected chi connectivity index (χ2v) is 7.76. The number of likely N-dealkylation sites (N-methyl/N-ethyl adjacent to an activating group) is 1. The summed E-state index contributed by atoms with van der Waals surface area (Å²) in [5.41, 5.74) is 0. The minimum absolute atomic E-state index is 0.126. The molecule has 0 aromatic rings. The topological polar surface area (TPSA) is 63.6 Å². The molecule has 0 aliphatic heterocycles. The zero-order valence-electron chi connectivity index (χ0n) is 16.2. The summed E-state index contributed by atoms with van der Waals surface area (Å²) < 4.78 is 5.95. The molecular weight excluding hydrogens is 306 g/mol. The van der Waals surface area contributed by atoms with Crippen molar-refractivity contribution >= 4 is 11.9 Å². The Morgan fingerprint density at radius 1 is 0.917 bits per heavy atom. The fourth-order valence-corrected chi connectivity index (χ4v) is 2.77. The van der Waals surface area contributed by atoms with Crippen LogP contribution in [-0.4, -0.2) is 55.3 Å². The molecule has 5 nitrogen and oxygen atoms in total. The number of rotatable bonds is 15. The van der Waals surface area contributed by atoms with Crippen LogP contribution in [0.25, 0.3) is 0 Å². The highest BCUT2D eigenvalue weighted by atomic mass is 16.5. The molecule has 142 valence electrons. The standard InChI is InChI=1S/C19H37NO4/c1-5-6-7-8-9-10-11-12-13-14-19(23)24-17(15-18(21)22)16-20(2,3)4/h17H,5-16H2,1-4H3/p+1. The Bertz CT molecular complexity index is 350. The molecule has 1 unspecified atom stereocenters. The second kappa shape index (κ2) is 13.2. The molecule has 24 heavy (non-hydrogen) atoms. The third-order valence-corrected chi connectivity index (χ3v) is 3.94. The van der Waals surface area contributed by atoms with E-state index in [0.717, 1.165) is 19.3 Å². The number of carboxylic acid groups (broad SMARTS) is 1. The summed E-state index contributed by atoms with van der Waals surface area (Å²) in [6.45, 7) is 2.73. The number of hydrogen-bond acceptors (Lipinski definition) is 3. The maximum absolute atomic E-state index is 11.9. The molecule has 0 aromatic carbocycles. The molecule has 0 saturated carbocycles. The first-order valence-electron chi connectivity index (χ1n) is 9.46. The lowest BCUT2D eigenvalue weighted by molar-refractivity contribution is -0.873. The van der Waals surface area contributed by atoms with Crippen molar-refractivity contribution in [1.29, 1.82) is 0 Å². The first-order chi connectivity index (χ1) is 11.2. The maximum atomic E-state index is 11.9. The number of nitrogens with zero attached hydrogens (tertiary/aromatic N) is 1. The van der Waals surface area contributed by atoms with Crippen molar-refractivity contribution in [2.45, 2.75) is 83.7 Å². The molecule has 1 atom stereocenters. The number of aliphatic carboxylic acids is 1. The number of carbonyl (C=O) groups excluding carboxylic acids is 1. The SMILES string of the molecule is CCCCCCCCCCCC(=O)OC(CC(=O)O)C[N+](C)(C)C. The van der Waals surface area contributed by atoms with Crippen LogP contribution < -0.4 is 0 Å². The van der Waals surface area contributed by atoms with Gasteiger partial charge in [-0.15, -0.1) is 0 Å². The summed E-state index contributed by atoms with van der Waals surface area (Å²) in [4.78, 5) is 22.8. The van der Waals surface area contributed by atoms with Crippen molar-refractivity contribution in [3.8, 4) is 0 Å². The second-order valence-electron chi connectivity index (χ2n) is 7.76. The van der Waals surface area contributed by atoms with Gasteiger partial charge in [0.15, 0.2) is 6.10 Å². The number of carbonyl (C=O) groups is 2. The monoisotopic (exact) mass is 344 g/mol. The van der Waals surface area contributed by atoms with Gasteiger partial charge in [0.2, 0.25) is 0 Å². The highest BCUT2D eigenvalue weighted by Gasteiger charge is 2.24. The zero-order chi connectivity index (χ0) is 18.4. The van der Waals surface area contributed by atoms with Crippen LogP contribution in [0.2, 0.25) is 0 Å². The molecule has 0 fully saturated rings. The van der Waals surface area contributed by atoms with Crippen LogP contribution in [-0.2, 0) is 14.3 Å². The van der Waals surface area contributed by atoms with E-state index >= 15 is 0 Å². The van der Waals surface area contributed by atoms with E-state index in [9.17, 15) is 9.59 Å². The Morgan fingerprint density at radius 2 is 1.42 bits per heavy atom. The van der Waals surface area contributed by atoms with Gasteiger partial charge >= 0.3 is 11.9 Å². The Kier molecular flexibility index (Phi) is 12.6. The third kappa shape index (κ3) is 15.8. The molecule has 1 N–H and O–H groups in total. The smallest absolute Gasteiger partial charge is 0.307 e. The third-order valence-electron chi connectivity index (χ3n) is 3.94. The summed E-state index contributed by atoms with van der Waals surface area (Å²) in [7, 11) is 5.88. The van der Waals surface area contributed by atoms with Gasteiger partial charge in [0.25, 0.3) is 0 Å².